The highest BCUT2D eigenvalue weighted by Crippen LogP contribution is 2.42. The van der Waals surface area contributed by atoms with E-state index in [4.69, 9.17) is 5.11 Å². The number of piperidine rings is 1. The fourth-order valence-electron chi connectivity index (χ4n) is 3.65. The lowest BCUT2D eigenvalue weighted by atomic mass is 9.67. The summed E-state index contributed by atoms with van der Waals surface area (Å²) in [6.07, 6.45) is 7.75. The molecular weight excluding hydrogens is 238 g/mol. The molecule has 3 nitrogen and oxygen atoms in total. The Kier molecular flexibility index (Phi) is 4.88. The maximum atomic E-state index is 12.4. The Balaban J connectivity index is 1.84. The number of carbonyl (C=O) groups excluding carboxylic acids is 1. The second-order valence-corrected chi connectivity index (χ2v) is 7.14. The third kappa shape index (κ3) is 3.71. The van der Waals surface area contributed by atoms with Crippen molar-refractivity contribution in [3.8, 4) is 0 Å². The van der Waals surface area contributed by atoms with Gasteiger partial charge in [-0.25, -0.2) is 0 Å². The van der Waals surface area contributed by atoms with E-state index >= 15 is 0 Å². The van der Waals surface area contributed by atoms with Gasteiger partial charge < -0.3 is 10.0 Å². The van der Waals surface area contributed by atoms with Crippen LogP contribution in [0, 0.1) is 17.3 Å². The SMILES string of the molecule is CC1(C)CCCCC1CC(=O)N1CCC(CO)CC1. The van der Waals surface area contributed by atoms with Crippen LogP contribution in [-0.2, 0) is 4.79 Å². The first-order valence-corrected chi connectivity index (χ1v) is 7.91. The third-order valence-electron chi connectivity index (χ3n) is 5.38. The molecule has 1 amide bonds. The molecule has 0 aromatic carbocycles. The van der Waals surface area contributed by atoms with Crippen molar-refractivity contribution in [2.75, 3.05) is 19.7 Å². The van der Waals surface area contributed by atoms with Gasteiger partial charge in [0.15, 0.2) is 0 Å². The molecule has 1 saturated carbocycles. The molecule has 0 radical (unpaired) electrons. The second-order valence-electron chi connectivity index (χ2n) is 7.14. The van der Waals surface area contributed by atoms with Gasteiger partial charge in [-0.05, 0) is 42.9 Å². The van der Waals surface area contributed by atoms with Gasteiger partial charge in [-0.15, -0.1) is 0 Å². The number of hydrogen-bond donors (Lipinski definition) is 1. The van der Waals surface area contributed by atoms with Crippen molar-refractivity contribution in [1.29, 1.82) is 0 Å². The standard InChI is InChI=1S/C16H29NO2/c1-16(2)8-4-3-5-14(16)11-15(19)17-9-6-13(12-18)7-10-17/h13-14,18H,3-12H2,1-2H3. The predicted octanol–water partition coefficient (Wildman–Crippen LogP) is 2.82. The van der Waals surface area contributed by atoms with E-state index in [0.717, 1.165) is 32.4 Å². The first kappa shape index (κ1) is 14.8. The highest BCUT2D eigenvalue weighted by Gasteiger charge is 2.34. The Morgan fingerprint density at radius 1 is 1.21 bits per heavy atom. The number of hydrogen-bond acceptors (Lipinski definition) is 2. The molecule has 1 atom stereocenters. The van der Waals surface area contributed by atoms with Crippen LogP contribution < -0.4 is 0 Å². The van der Waals surface area contributed by atoms with Crippen molar-refractivity contribution in [3.05, 3.63) is 0 Å². The lowest BCUT2D eigenvalue weighted by Gasteiger charge is -2.40. The molecule has 2 aliphatic rings. The van der Waals surface area contributed by atoms with Crippen molar-refractivity contribution < 1.29 is 9.90 Å². The zero-order valence-electron chi connectivity index (χ0n) is 12.5. The molecule has 0 spiro atoms. The fourth-order valence-corrected chi connectivity index (χ4v) is 3.65. The summed E-state index contributed by atoms with van der Waals surface area (Å²) in [7, 11) is 0. The summed E-state index contributed by atoms with van der Waals surface area (Å²) in [5.41, 5.74) is 0.331. The van der Waals surface area contributed by atoms with Crippen molar-refractivity contribution in [2.24, 2.45) is 17.3 Å². The number of aliphatic hydroxyl groups excluding tert-OH is 1. The van der Waals surface area contributed by atoms with Gasteiger partial charge in [0.2, 0.25) is 5.91 Å². The predicted molar refractivity (Wildman–Crippen MR) is 76.7 cm³/mol. The third-order valence-corrected chi connectivity index (χ3v) is 5.38. The highest BCUT2D eigenvalue weighted by molar-refractivity contribution is 5.76. The van der Waals surface area contributed by atoms with Crippen LogP contribution in [0.25, 0.3) is 0 Å². The zero-order chi connectivity index (χ0) is 13.9. The summed E-state index contributed by atoms with van der Waals surface area (Å²) in [5, 5.41) is 9.14. The molecule has 110 valence electrons. The average molecular weight is 267 g/mol. The minimum Gasteiger partial charge on any atom is -0.396 e. The first-order chi connectivity index (χ1) is 9.03. The average Bonchev–Trinajstić information content (AvgIpc) is 2.41. The van der Waals surface area contributed by atoms with Crippen molar-refractivity contribution in [3.63, 3.8) is 0 Å². The van der Waals surface area contributed by atoms with Crippen molar-refractivity contribution in [1.82, 2.24) is 4.90 Å². The fraction of sp³-hybridized carbons (Fsp3) is 0.938. The summed E-state index contributed by atoms with van der Waals surface area (Å²) in [6, 6.07) is 0. The molecule has 19 heavy (non-hydrogen) atoms. The van der Waals surface area contributed by atoms with E-state index in [1.807, 2.05) is 4.90 Å². The molecule has 3 heteroatoms. The Hall–Kier alpha value is -0.570. The van der Waals surface area contributed by atoms with Gasteiger partial charge >= 0.3 is 0 Å². The van der Waals surface area contributed by atoms with Gasteiger partial charge in [0.1, 0.15) is 0 Å². The minimum absolute atomic E-state index is 0.275. The Labute approximate surface area is 117 Å². The minimum atomic E-state index is 0.275. The summed E-state index contributed by atoms with van der Waals surface area (Å²) < 4.78 is 0. The van der Waals surface area contributed by atoms with E-state index in [9.17, 15) is 4.79 Å². The van der Waals surface area contributed by atoms with E-state index < -0.39 is 0 Å². The summed E-state index contributed by atoms with van der Waals surface area (Å²) in [6.45, 7) is 6.61. The smallest absolute Gasteiger partial charge is 0.222 e. The van der Waals surface area contributed by atoms with Crippen LogP contribution in [-0.4, -0.2) is 35.6 Å². The van der Waals surface area contributed by atoms with Gasteiger partial charge in [0, 0.05) is 26.1 Å². The molecule has 2 rings (SSSR count). The Bertz CT molecular complexity index is 306. The molecule has 2 fully saturated rings. The highest BCUT2D eigenvalue weighted by atomic mass is 16.3. The monoisotopic (exact) mass is 267 g/mol. The molecular formula is C16H29NO2. The first-order valence-electron chi connectivity index (χ1n) is 7.91. The number of likely N-dealkylation sites (tertiary alicyclic amines) is 1. The molecule has 1 N–H and O–H groups in total. The van der Waals surface area contributed by atoms with Gasteiger partial charge in [-0.1, -0.05) is 26.7 Å². The van der Waals surface area contributed by atoms with Crippen LogP contribution in [0.5, 0.6) is 0 Å². The van der Waals surface area contributed by atoms with Crippen molar-refractivity contribution in [2.45, 2.75) is 58.8 Å². The molecule has 0 bridgehead atoms. The van der Waals surface area contributed by atoms with E-state index in [2.05, 4.69) is 13.8 Å². The molecule has 1 heterocycles. The Morgan fingerprint density at radius 3 is 2.47 bits per heavy atom. The number of rotatable bonds is 3. The van der Waals surface area contributed by atoms with Crippen LogP contribution >= 0.6 is 0 Å². The topological polar surface area (TPSA) is 40.5 Å². The molecule has 0 aromatic rings. The van der Waals surface area contributed by atoms with Crippen LogP contribution in [0.15, 0.2) is 0 Å². The maximum absolute atomic E-state index is 12.4. The summed E-state index contributed by atoms with van der Waals surface area (Å²) in [4.78, 5) is 14.4. The number of nitrogens with zero attached hydrogens (tertiary/aromatic N) is 1. The van der Waals surface area contributed by atoms with E-state index in [-0.39, 0.29) is 6.61 Å². The number of aliphatic hydroxyl groups is 1. The van der Waals surface area contributed by atoms with Gasteiger partial charge in [-0.2, -0.15) is 0 Å². The van der Waals surface area contributed by atoms with Crippen LogP contribution in [0.3, 0.4) is 0 Å². The number of amides is 1. The molecule has 1 unspecified atom stereocenters. The lowest BCUT2D eigenvalue weighted by Crippen LogP contribution is -2.41. The normalized spacial score (nSPS) is 28.4. The quantitative estimate of drug-likeness (QED) is 0.854. The van der Waals surface area contributed by atoms with E-state index in [1.54, 1.807) is 0 Å². The Morgan fingerprint density at radius 2 is 1.89 bits per heavy atom. The van der Waals surface area contributed by atoms with Crippen LogP contribution in [0.4, 0.5) is 0 Å². The second kappa shape index (κ2) is 6.25. The zero-order valence-corrected chi connectivity index (χ0v) is 12.5. The van der Waals surface area contributed by atoms with Crippen LogP contribution in [0.2, 0.25) is 0 Å². The van der Waals surface area contributed by atoms with Gasteiger partial charge in [0.25, 0.3) is 0 Å². The molecule has 1 aliphatic heterocycles. The molecule has 0 aromatic heterocycles. The summed E-state index contributed by atoms with van der Waals surface area (Å²) in [5.74, 6) is 1.32. The largest absolute Gasteiger partial charge is 0.396 e. The van der Waals surface area contributed by atoms with E-state index in [1.165, 1.54) is 25.7 Å². The maximum Gasteiger partial charge on any atom is 0.222 e. The molecule has 1 saturated heterocycles. The summed E-state index contributed by atoms with van der Waals surface area (Å²) >= 11 is 0. The van der Waals surface area contributed by atoms with Gasteiger partial charge in [0.05, 0.1) is 0 Å². The lowest BCUT2D eigenvalue weighted by molar-refractivity contribution is -0.135. The van der Waals surface area contributed by atoms with Crippen molar-refractivity contribution >= 4 is 5.91 Å². The van der Waals surface area contributed by atoms with E-state index in [0.29, 0.717) is 23.2 Å². The van der Waals surface area contributed by atoms with Gasteiger partial charge in [-0.3, -0.25) is 4.79 Å². The van der Waals surface area contributed by atoms with Crippen LogP contribution in [0.1, 0.15) is 58.8 Å². The molecule has 1 aliphatic carbocycles. The number of carbonyl (C=O) groups is 1.